The monoisotopic (exact) mass is 284 g/mol. The Kier molecular flexibility index (Phi) is 5.54. The van der Waals surface area contributed by atoms with Crippen LogP contribution in [0.5, 0.6) is 0 Å². The molecule has 0 spiro atoms. The summed E-state index contributed by atoms with van der Waals surface area (Å²) in [6.07, 6.45) is 1.60. The van der Waals surface area contributed by atoms with Gasteiger partial charge in [-0.25, -0.2) is 4.39 Å². The third-order valence-electron chi connectivity index (χ3n) is 2.96. The van der Waals surface area contributed by atoms with Crippen molar-refractivity contribution in [3.8, 4) is 0 Å². The fraction of sp³-hybridized carbons (Fsp3) is 0.562. The number of hydrogen-bond acceptors (Lipinski definition) is 1. The number of Topliss-reactive ketones (excluding diaryl/α,β-unsaturated/α-hetero) is 1. The normalized spacial score (nSPS) is 13.4. The summed E-state index contributed by atoms with van der Waals surface area (Å²) >= 11 is 5.70. The van der Waals surface area contributed by atoms with Gasteiger partial charge < -0.3 is 0 Å². The van der Waals surface area contributed by atoms with Gasteiger partial charge in [0.15, 0.2) is 0 Å². The van der Waals surface area contributed by atoms with Crippen LogP contribution in [0.25, 0.3) is 0 Å². The number of rotatable bonds is 5. The van der Waals surface area contributed by atoms with E-state index in [1.165, 1.54) is 6.07 Å². The van der Waals surface area contributed by atoms with Crippen LogP contribution >= 0.6 is 11.6 Å². The zero-order chi connectivity index (χ0) is 14.6. The molecule has 1 aromatic rings. The highest BCUT2D eigenvalue weighted by Gasteiger charge is 2.18. The van der Waals surface area contributed by atoms with Gasteiger partial charge in [0.1, 0.15) is 11.6 Å². The Bertz CT molecular complexity index is 449. The summed E-state index contributed by atoms with van der Waals surface area (Å²) in [5.41, 5.74) is 0.599. The molecule has 1 unspecified atom stereocenters. The second-order valence-electron chi connectivity index (χ2n) is 6.50. The van der Waals surface area contributed by atoms with E-state index in [4.69, 9.17) is 11.6 Å². The Hall–Kier alpha value is -0.890. The third-order valence-corrected chi connectivity index (χ3v) is 3.25. The molecule has 0 saturated carbocycles. The molecule has 0 aromatic heterocycles. The molecule has 0 heterocycles. The van der Waals surface area contributed by atoms with Crippen molar-refractivity contribution < 1.29 is 9.18 Å². The van der Waals surface area contributed by atoms with Gasteiger partial charge in [0.25, 0.3) is 0 Å². The average molecular weight is 285 g/mol. The molecule has 1 aromatic carbocycles. The van der Waals surface area contributed by atoms with Gasteiger partial charge in [0, 0.05) is 12.8 Å². The van der Waals surface area contributed by atoms with Gasteiger partial charge in [-0.2, -0.15) is 0 Å². The number of benzene rings is 1. The maximum Gasteiger partial charge on any atom is 0.145 e. The van der Waals surface area contributed by atoms with Gasteiger partial charge in [-0.05, 0) is 29.4 Å². The van der Waals surface area contributed by atoms with Crippen LogP contribution < -0.4 is 0 Å². The zero-order valence-electron chi connectivity index (χ0n) is 12.1. The molecule has 0 fully saturated rings. The van der Waals surface area contributed by atoms with Crippen molar-refractivity contribution in [2.24, 2.45) is 11.3 Å². The molecule has 0 bridgehead atoms. The number of halogens is 2. The number of carbonyl (C=O) groups excluding carboxylic acids is 1. The lowest BCUT2D eigenvalue weighted by Gasteiger charge is -2.22. The SMILES string of the molecule is CC(CC(=O)Cc1cccc(Cl)c1F)CC(C)(C)C. The van der Waals surface area contributed by atoms with Crippen LogP contribution in [0, 0.1) is 17.2 Å². The predicted octanol–water partition coefficient (Wildman–Crippen LogP) is 5.05. The summed E-state index contributed by atoms with van der Waals surface area (Å²) in [7, 11) is 0. The Labute approximate surface area is 120 Å². The van der Waals surface area contributed by atoms with Crippen molar-refractivity contribution in [3.63, 3.8) is 0 Å². The molecule has 0 saturated heterocycles. The summed E-state index contributed by atoms with van der Waals surface area (Å²) in [4.78, 5) is 12.0. The molecule has 0 amide bonds. The minimum absolute atomic E-state index is 0.0675. The fourth-order valence-corrected chi connectivity index (χ4v) is 2.67. The largest absolute Gasteiger partial charge is 0.299 e. The van der Waals surface area contributed by atoms with Gasteiger partial charge in [-0.15, -0.1) is 0 Å². The van der Waals surface area contributed by atoms with Crippen LogP contribution in [0.15, 0.2) is 18.2 Å². The Morgan fingerprint density at radius 3 is 2.58 bits per heavy atom. The summed E-state index contributed by atoms with van der Waals surface area (Å²) in [6.45, 7) is 8.54. The topological polar surface area (TPSA) is 17.1 Å². The first-order chi connectivity index (χ1) is 8.69. The Morgan fingerprint density at radius 2 is 2.00 bits per heavy atom. The van der Waals surface area contributed by atoms with Crippen LogP contribution in [0.3, 0.4) is 0 Å². The molecule has 106 valence electrons. The van der Waals surface area contributed by atoms with Crippen molar-refractivity contribution in [1.29, 1.82) is 0 Å². The Balaban J connectivity index is 2.58. The van der Waals surface area contributed by atoms with Crippen LogP contribution in [0.2, 0.25) is 5.02 Å². The first-order valence-corrected chi connectivity index (χ1v) is 7.01. The first-order valence-electron chi connectivity index (χ1n) is 6.63. The third kappa shape index (κ3) is 5.73. The van der Waals surface area contributed by atoms with E-state index in [1.807, 2.05) is 0 Å². The second kappa shape index (κ2) is 6.51. The van der Waals surface area contributed by atoms with Crippen LogP contribution in [0.1, 0.15) is 46.1 Å². The van der Waals surface area contributed by atoms with Crippen LogP contribution in [0.4, 0.5) is 4.39 Å². The standard InChI is InChI=1S/C16H22ClFO/c1-11(10-16(2,3)4)8-13(19)9-12-6-5-7-14(17)15(12)18/h5-7,11H,8-10H2,1-4H3. The molecule has 19 heavy (non-hydrogen) atoms. The molecule has 0 N–H and O–H groups in total. The van der Waals surface area contributed by atoms with Crippen molar-refractivity contribution in [2.75, 3.05) is 0 Å². The summed E-state index contributed by atoms with van der Waals surface area (Å²) in [5, 5.41) is 0.0769. The van der Waals surface area contributed by atoms with E-state index >= 15 is 0 Å². The Morgan fingerprint density at radius 1 is 1.37 bits per heavy atom. The minimum atomic E-state index is -0.471. The molecule has 3 heteroatoms. The highest BCUT2D eigenvalue weighted by Crippen LogP contribution is 2.26. The van der Waals surface area contributed by atoms with E-state index in [9.17, 15) is 9.18 Å². The molecule has 1 rings (SSSR count). The van der Waals surface area contributed by atoms with Crippen molar-refractivity contribution in [3.05, 3.63) is 34.6 Å². The van der Waals surface area contributed by atoms with Crippen LogP contribution in [-0.4, -0.2) is 5.78 Å². The lowest BCUT2D eigenvalue weighted by atomic mass is 9.83. The van der Waals surface area contributed by atoms with Gasteiger partial charge in [0.2, 0.25) is 0 Å². The molecular formula is C16H22ClFO. The quantitative estimate of drug-likeness (QED) is 0.739. The summed E-state index contributed by atoms with van der Waals surface area (Å²) < 4.78 is 13.7. The van der Waals surface area contributed by atoms with Gasteiger partial charge in [0.05, 0.1) is 5.02 Å². The van der Waals surface area contributed by atoms with Gasteiger partial charge in [-0.3, -0.25) is 4.79 Å². The van der Waals surface area contributed by atoms with E-state index in [1.54, 1.807) is 12.1 Å². The van der Waals surface area contributed by atoms with Crippen molar-refractivity contribution in [1.82, 2.24) is 0 Å². The highest BCUT2D eigenvalue weighted by atomic mass is 35.5. The molecule has 0 radical (unpaired) electrons. The van der Waals surface area contributed by atoms with E-state index in [0.29, 0.717) is 17.9 Å². The fourth-order valence-electron chi connectivity index (χ4n) is 2.48. The number of ketones is 1. The highest BCUT2D eigenvalue weighted by molar-refractivity contribution is 6.30. The maximum absolute atomic E-state index is 13.7. The van der Waals surface area contributed by atoms with Crippen molar-refractivity contribution >= 4 is 17.4 Å². The summed E-state index contributed by atoms with van der Waals surface area (Å²) in [6, 6.07) is 4.78. The smallest absolute Gasteiger partial charge is 0.145 e. The van der Waals surface area contributed by atoms with E-state index in [2.05, 4.69) is 27.7 Å². The number of hydrogen-bond donors (Lipinski definition) is 0. The van der Waals surface area contributed by atoms with Gasteiger partial charge >= 0.3 is 0 Å². The molecule has 0 aliphatic carbocycles. The summed E-state index contributed by atoms with van der Waals surface area (Å²) in [5.74, 6) is -0.0892. The van der Waals surface area contributed by atoms with E-state index < -0.39 is 5.82 Å². The van der Waals surface area contributed by atoms with E-state index in [0.717, 1.165) is 6.42 Å². The lowest BCUT2D eigenvalue weighted by Crippen LogP contribution is -2.15. The molecule has 1 atom stereocenters. The first kappa shape index (κ1) is 16.2. The predicted molar refractivity (Wildman–Crippen MR) is 78.0 cm³/mol. The number of carbonyl (C=O) groups is 1. The molecular weight excluding hydrogens is 263 g/mol. The molecule has 0 aliphatic heterocycles. The molecule has 1 nitrogen and oxygen atoms in total. The average Bonchev–Trinajstić information content (AvgIpc) is 2.21. The van der Waals surface area contributed by atoms with E-state index in [-0.39, 0.29) is 22.6 Å². The second-order valence-corrected chi connectivity index (χ2v) is 6.91. The zero-order valence-corrected chi connectivity index (χ0v) is 12.9. The maximum atomic E-state index is 13.7. The minimum Gasteiger partial charge on any atom is -0.299 e. The van der Waals surface area contributed by atoms with Crippen LogP contribution in [-0.2, 0) is 11.2 Å². The van der Waals surface area contributed by atoms with Crippen molar-refractivity contribution in [2.45, 2.75) is 47.0 Å². The lowest BCUT2D eigenvalue weighted by molar-refractivity contribution is -0.119. The molecule has 0 aliphatic rings. The van der Waals surface area contributed by atoms with Gasteiger partial charge in [-0.1, -0.05) is 51.4 Å².